The predicted molar refractivity (Wildman–Crippen MR) is 73.9 cm³/mol. The Kier molecular flexibility index (Phi) is 5.72. The molecule has 1 aliphatic heterocycles. The quantitative estimate of drug-likeness (QED) is 0.873. The Balaban J connectivity index is 1.89. The highest BCUT2D eigenvalue weighted by Gasteiger charge is 2.17. The van der Waals surface area contributed by atoms with Crippen molar-refractivity contribution in [1.29, 1.82) is 0 Å². The maximum atomic E-state index is 12.1. The van der Waals surface area contributed by atoms with Crippen LogP contribution in [-0.4, -0.2) is 38.3 Å². The number of carbonyl (C=O) groups is 1. The van der Waals surface area contributed by atoms with E-state index in [2.05, 4.69) is 15.4 Å². The lowest BCUT2D eigenvalue weighted by atomic mass is 10.2. The van der Waals surface area contributed by atoms with E-state index in [1.54, 1.807) is 0 Å². The number of hydrogen-bond acceptors (Lipinski definition) is 4. The van der Waals surface area contributed by atoms with Crippen molar-refractivity contribution >= 4 is 23.2 Å². The molecule has 1 amide bonds. The zero-order chi connectivity index (χ0) is 15.2. The second-order valence-corrected chi connectivity index (χ2v) is 4.88. The molecule has 116 valence electrons. The number of benzene rings is 1. The minimum absolute atomic E-state index is 0.00341. The largest absolute Gasteiger partial charge is 0.433 e. The average molecular weight is 321 g/mol. The maximum absolute atomic E-state index is 12.1. The normalized spacial score (nSPS) is 18.6. The molecule has 8 heteroatoms. The van der Waals surface area contributed by atoms with Gasteiger partial charge in [-0.05, 0) is 18.2 Å². The first-order valence-electron chi connectivity index (χ1n) is 6.41. The Bertz CT molecular complexity index is 496. The highest BCUT2D eigenvalue weighted by molar-refractivity contribution is 6.32. The molecule has 0 bridgehead atoms. The third-order valence-electron chi connectivity index (χ3n) is 2.85. The Morgan fingerprint density at radius 1 is 1.57 bits per heavy atom. The number of nitrogens with one attached hydrogen (secondary N) is 2. The zero-order valence-corrected chi connectivity index (χ0v) is 11.8. The van der Waals surface area contributed by atoms with Crippen molar-refractivity contribution in [2.45, 2.75) is 19.1 Å². The van der Waals surface area contributed by atoms with E-state index < -0.39 is 6.61 Å². The summed E-state index contributed by atoms with van der Waals surface area (Å²) in [6.45, 7) is -0.975. The Morgan fingerprint density at radius 3 is 3.00 bits per heavy atom. The lowest BCUT2D eigenvalue weighted by Crippen LogP contribution is -2.40. The summed E-state index contributed by atoms with van der Waals surface area (Å²) < 4.78 is 33.8. The molecular formula is C13H15ClF2N2O3. The van der Waals surface area contributed by atoms with E-state index in [0.29, 0.717) is 18.8 Å². The SMILES string of the molecule is O=C(CC1CNCCO1)Nc1ccc(OC(F)F)c(Cl)c1. The van der Waals surface area contributed by atoms with Crippen molar-refractivity contribution in [3.63, 3.8) is 0 Å². The van der Waals surface area contributed by atoms with Crippen LogP contribution in [0.5, 0.6) is 5.75 Å². The lowest BCUT2D eigenvalue weighted by molar-refractivity contribution is -0.119. The second-order valence-electron chi connectivity index (χ2n) is 4.47. The smallest absolute Gasteiger partial charge is 0.387 e. The number of alkyl halides is 2. The minimum Gasteiger partial charge on any atom is -0.433 e. The van der Waals surface area contributed by atoms with Gasteiger partial charge in [0, 0.05) is 18.8 Å². The van der Waals surface area contributed by atoms with Crippen molar-refractivity contribution in [2.75, 3.05) is 25.0 Å². The van der Waals surface area contributed by atoms with Crippen LogP contribution in [0.25, 0.3) is 0 Å². The number of ether oxygens (including phenoxy) is 2. The van der Waals surface area contributed by atoms with Gasteiger partial charge in [-0.15, -0.1) is 0 Å². The van der Waals surface area contributed by atoms with E-state index in [9.17, 15) is 13.6 Å². The van der Waals surface area contributed by atoms with Crippen LogP contribution in [-0.2, 0) is 9.53 Å². The van der Waals surface area contributed by atoms with Gasteiger partial charge in [0.2, 0.25) is 5.91 Å². The molecule has 1 atom stereocenters. The van der Waals surface area contributed by atoms with E-state index in [0.717, 1.165) is 6.54 Å². The predicted octanol–water partition coefficient (Wildman–Crippen LogP) is 2.26. The van der Waals surface area contributed by atoms with Gasteiger partial charge >= 0.3 is 6.61 Å². The van der Waals surface area contributed by atoms with Gasteiger partial charge in [0.1, 0.15) is 5.75 Å². The number of halogens is 3. The van der Waals surface area contributed by atoms with Gasteiger partial charge in [-0.2, -0.15) is 8.78 Å². The van der Waals surface area contributed by atoms with Crippen molar-refractivity contribution < 1.29 is 23.0 Å². The Hall–Kier alpha value is -1.44. The number of rotatable bonds is 5. The monoisotopic (exact) mass is 320 g/mol. The molecule has 0 radical (unpaired) electrons. The van der Waals surface area contributed by atoms with Crippen molar-refractivity contribution in [3.05, 3.63) is 23.2 Å². The number of carbonyl (C=O) groups excluding carboxylic acids is 1. The third-order valence-corrected chi connectivity index (χ3v) is 3.14. The van der Waals surface area contributed by atoms with Crippen molar-refractivity contribution in [2.24, 2.45) is 0 Å². The van der Waals surface area contributed by atoms with E-state index in [4.69, 9.17) is 16.3 Å². The molecule has 1 unspecified atom stereocenters. The molecule has 1 fully saturated rings. The molecule has 0 aliphatic carbocycles. The first kappa shape index (κ1) is 15.9. The molecular weight excluding hydrogens is 306 g/mol. The number of anilines is 1. The van der Waals surface area contributed by atoms with Crippen LogP contribution in [0.2, 0.25) is 5.02 Å². The van der Waals surface area contributed by atoms with Crippen molar-refractivity contribution in [3.8, 4) is 5.75 Å². The molecule has 2 N–H and O–H groups in total. The highest BCUT2D eigenvalue weighted by atomic mass is 35.5. The van der Waals surface area contributed by atoms with E-state index in [-0.39, 0.29) is 29.2 Å². The fourth-order valence-electron chi connectivity index (χ4n) is 1.94. The molecule has 1 aliphatic rings. The molecule has 1 saturated heterocycles. The van der Waals surface area contributed by atoms with Crippen LogP contribution in [0.3, 0.4) is 0 Å². The van der Waals surface area contributed by atoms with Crippen LogP contribution in [0.4, 0.5) is 14.5 Å². The summed E-state index contributed by atoms with van der Waals surface area (Å²) in [5.74, 6) is -0.369. The highest BCUT2D eigenvalue weighted by Crippen LogP contribution is 2.29. The first-order chi connectivity index (χ1) is 10.0. The number of hydrogen-bond donors (Lipinski definition) is 2. The Morgan fingerprint density at radius 2 is 2.38 bits per heavy atom. The van der Waals surface area contributed by atoms with Crippen molar-refractivity contribution in [1.82, 2.24) is 5.32 Å². The van der Waals surface area contributed by atoms with Crippen LogP contribution in [0.1, 0.15) is 6.42 Å². The summed E-state index contributed by atoms with van der Waals surface area (Å²) in [5.41, 5.74) is 0.412. The minimum atomic E-state index is -2.95. The fourth-order valence-corrected chi connectivity index (χ4v) is 2.16. The number of morpholine rings is 1. The molecule has 21 heavy (non-hydrogen) atoms. The summed E-state index contributed by atoms with van der Waals surface area (Å²) in [6.07, 6.45) is 0.0376. The summed E-state index contributed by atoms with van der Waals surface area (Å²) in [7, 11) is 0. The van der Waals surface area contributed by atoms with Gasteiger partial charge in [0.05, 0.1) is 24.2 Å². The van der Waals surface area contributed by atoms with Gasteiger partial charge in [-0.1, -0.05) is 11.6 Å². The second kappa shape index (κ2) is 7.53. The third kappa shape index (κ3) is 5.11. The van der Waals surface area contributed by atoms with E-state index >= 15 is 0 Å². The molecule has 1 aromatic rings. The van der Waals surface area contributed by atoms with Gasteiger partial charge in [-0.25, -0.2) is 0 Å². The lowest BCUT2D eigenvalue weighted by Gasteiger charge is -2.23. The van der Waals surface area contributed by atoms with Crippen LogP contribution < -0.4 is 15.4 Å². The molecule has 0 saturated carbocycles. The summed E-state index contributed by atoms with van der Waals surface area (Å²) >= 11 is 5.80. The van der Waals surface area contributed by atoms with Gasteiger partial charge in [0.15, 0.2) is 0 Å². The standard InChI is InChI=1S/C13H15ClF2N2O3/c14-10-5-8(1-2-11(10)21-13(15)16)18-12(19)6-9-7-17-3-4-20-9/h1-2,5,9,13,17H,3-4,6-7H2,(H,18,19). The summed E-state index contributed by atoms with van der Waals surface area (Å²) in [5, 5.41) is 5.76. The Labute approximate surface area is 125 Å². The van der Waals surface area contributed by atoms with Gasteiger partial charge in [0.25, 0.3) is 0 Å². The first-order valence-corrected chi connectivity index (χ1v) is 6.79. The molecule has 0 aromatic heterocycles. The van der Waals surface area contributed by atoms with E-state index in [1.807, 2.05) is 0 Å². The van der Waals surface area contributed by atoms with Crippen LogP contribution >= 0.6 is 11.6 Å². The van der Waals surface area contributed by atoms with E-state index in [1.165, 1.54) is 18.2 Å². The summed E-state index contributed by atoms with van der Waals surface area (Å²) in [6, 6.07) is 4.08. The molecule has 1 aromatic carbocycles. The molecule has 2 rings (SSSR count). The van der Waals surface area contributed by atoms with Gasteiger partial charge in [-0.3, -0.25) is 4.79 Å². The number of amides is 1. The zero-order valence-electron chi connectivity index (χ0n) is 11.1. The topological polar surface area (TPSA) is 59.6 Å². The average Bonchev–Trinajstić information content (AvgIpc) is 2.42. The molecule has 5 nitrogen and oxygen atoms in total. The molecule has 0 spiro atoms. The van der Waals surface area contributed by atoms with Gasteiger partial charge < -0.3 is 20.1 Å². The van der Waals surface area contributed by atoms with Crippen LogP contribution in [0, 0.1) is 0 Å². The molecule has 1 heterocycles. The fraction of sp³-hybridized carbons (Fsp3) is 0.462. The maximum Gasteiger partial charge on any atom is 0.387 e. The summed E-state index contributed by atoms with van der Waals surface area (Å²) in [4.78, 5) is 11.8. The van der Waals surface area contributed by atoms with Crippen LogP contribution in [0.15, 0.2) is 18.2 Å².